The molecule has 0 aliphatic heterocycles. The lowest BCUT2D eigenvalue weighted by atomic mass is 10.2. The highest BCUT2D eigenvalue weighted by Crippen LogP contribution is 2.19. The van der Waals surface area contributed by atoms with E-state index in [-0.39, 0.29) is 0 Å². The number of aromatic nitrogens is 1. The van der Waals surface area contributed by atoms with Gasteiger partial charge in [0.15, 0.2) is 11.6 Å². The zero-order valence-electron chi connectivity index (χ0n) is 8.56. The Labute approximate surface area is 87.5 Å². The molecule has 0 radical (unpaired) electrons. The van der Waals surface area contributed by atoms with Gasteiger partial charge in [-0.25, -0.2) is 9.78 Å². The molecule has 0 amide bonds. The molecule has 0 fully saturated rings. The Kier molecular flexibility index (Phi) is 3.68. The fourth-order valence-corrected chi connectivity index (χ4v) is 0.957. The number of methoxy groups -OCH3 is 2. The van der Waals surface area contributed by atoms with Crippen LogP contribution in [-0.4, -0.2) is 25.2 Å². The Morgan fingerprint density at radius 2 is 2.27 bits per heavy atom. The number of ether oxygens (including phenoxy) is 2. The second kappa shape index (κ2) is 4.99. The SMILES string of the molecule is COC(=O)C=Cc1cnc(N)c(OC)c1. The Morgan fingerprint density at radius 1 is 1.53 bits per heavy atom. The van der Waals surface area contributed by atoms with E-state index < -0.39 is 5.97 Å². The molecule has 1 rings (SSSR count). The van der Waals surface area contributed by atoms with Gasteiger partial charge in [-0.05, 0) is 17.7 Å². The van der Waals surface area contributed by atoms with Crippen LogP contribution in [0.25, 0.3) is 6.08 Å². The number of esters is 1. The Balaban J connectivity index is 2.87. The van der Waals surface area contributed by atoms with Gasteiger partial charge in [-0.1, -0.05) is 0 Å². The smallest absolute Gasteiger partial charge is 0.330 e. The number of nitrogen functional groups attached to an aromatic ring is 1. The average Bonchev–Trinajstić information content (AvgIpc) is 2.27. The van der Waals surface area contributed by atoms with E-state index in [1.165, 1.54) is 26.5 Å². The molecule has 1 aromatic heterocycles. The van der Waals surface area contributed by atoms with E-state index in [9.17, 15) is 4.79 Å². The van der Waals surface area contributed by atoms with E-state index in [0.29, 0.717) is 17.1 Å². The molecule has 0 spiro atoms. The lowest BCUT2D eigenvalue weighted by molar-refractivity contribution is -0.134. The standard InChI is InChI=1S/C10H12N2O3/c1-14-8-5-7(6-12-10(8)11)3-4-9(13)15-2/h3-6H,1-2H3,(H2,11,12). The molecule has 0 atom stereocenters. The van der Waals surface area contributed by atoms with Crippen LogP contribution >= 0.6 is 0 Å². The molecule has 0 unspecified atom stereocenters. The van der Waals surface area contributed by atoms with Crippen molar-refractivity contribution in [3.05, 3.63) is 23.9 Å². The maximum atomic E-state index is 10.8. The van der Waals surface area contributed by atoms with Crippen molar-refractivity contribution in [3.8, 4) is 5.75 Å². The van der Waals surface area contributed by atoms with Gasteiger partial charge < -0.3 is 15.2 Å². The van der Waals surface area contributed by atoms with E-state index in [1.54, 1.807) is 12.1 Å². The first-order valence-corrected chi connectivity index (χ1v) is 4.23. The van der Waals surface area contributed by atoms with Gasteiger partial charge in [-0.15, -0.1) is 0 Å². The van der Waals surface area contributed by atoms with Crippen molar-refractivity contribution in [2.45, 2.75) is 0 Å². The first kappa shape index (κ1) is 11.0. The van der Waals surface area contributed by atoms with Crippen molar-refractivity contribution >= 4 is 17.9 Å². The minimum atomic E-state index is -0.425. The van der Waals surface area contributed by atoms with E-state index in [1.807, 2.05) is 0 Å². The number of nitrogens with zero attached hydrogens (tertiary/aromatic N) is 1. The molecule has 0 saturated carbocycles. The third kappa shape index (κ3) is 2.98. The number of pyridine rings is 1. The van der Waals surface area contributed by atoms with Gasteiger partial charge in [0.1, 0.15) is 0 Å². The van der Waals surface area contributed by atoms with Crippen molar-refractivity contribution in [1.29, 1.82) is 0 Å². The van der Waals surface area contributed by atoms with E-state index in [4.69, 9.17) is 10.5 Å². The molecular weight excluding hydrogens is 196 g/mol. The topological polar surface area (TPSA) is 74.4 Å². The van der Waals surface area contributed by atoms with Crippen molar-refractivity contribution in [2.75, 3.05) is 20.0 Å². The summed E-state index contributed by atoms with van der Waals surface area (Å²) in [5, 5.41) is 0. The molecule has 0 bridgehead atoms. The molecule has 5 nitrogen and oxygen atoms in total. The molecule has 0 aliphatic rings. The van der Waals surface area contributed by atoms with Crippen LogP contribution in [0.15, 0.2) is 18.3 Å². The molecule has 0 saturated heterocycles. The zero-order chi connectivity index (χ0) is 11.3. The zero-order valence-corrected chi connectivity index (χ0v) is 8.56. The van der Waals surface area contributed by atoms with Crippen LogP contribution < -0.4 is 10.5 Å². The molecule has 5 heteroatoms. The fraction of sp³-hybridized carbons (Fsp3) is 0.200. The maximum absolute atomic E-state index is 10.8. The number of carbonyl (C=O) groups is 1. The van der Waals surface area contributed by atoms with Crippen LogP contribution in [0.4, 0.5) is 5.82 Å². The normalized spacial score (nSPS) is 10.3. The van der Waals surface area contributed by atoms with Crippen LogP contribution in [0.1, 0.15) is 5.56 Å². The van der Waals surface area contributed by atoms with E-state index in [0.717, 1.165) is 0 Å². The molecule has 15 heavy (non-hydrogen) atoms. The van der Waals surface area contributed by atoms with Crippen LogP contribution in [0, 0.1) is 0 Å². The van der Waals surface area contributed by atoms with Crippen molar-refractivity contribution in [3.63, 3.8) is 0 Å². The minimum absolute atomic E-state index is 0.313. The lowest BCUT2D eigenvalue weighted by Crippen LogP contribution is -1.96. The van der Waals surface area contributed by atoms with Gasteiger partial charge in [-0.2, -0.15) is 0 Å². The van der Waals surface area contributed by atoms with Crippen LogP contribution in [0.3, 0.4) is 0 Å². The van der Waals surface area contributed by atoms with Crippen LogP contribution in [0.2, 0.25) is 0 Å². The van der Waals surface area contributed by atoms with Crippen molar-refractivity contribution < 1.29 is 14.3 Å². The summed E-state index contributed by atoms with van der Waals surface area (Å²) < 4.78 is 9.43. The number of nitrogens with two attached hydrogens (primary N) is 1. The van der Waals surface area contributed by atoms with Crippen LogP contribution in [0.5, 0.6) is 5.75 Å². The second-order valence-electron chi connectivity index (χ2n) is 2.71. The summed E-state index contributed by atoms with van der Waals surface area (Å²) in [6.07, 6.45) is 4.41. The second-order valence-corrected chi connectivity index (χ2v) is 2.71. The molecule has 0 aromatic carbocycles. The molecular formula is C10H12N2O3. The number of hydrogen-bond donors (Lipinski definition) is 1. The number of rotatable bonds is 3. The monoisotopic (exact) mass is 208 g/mol. The molecule has 0 aliphatic carbocycles. The van der Waals surface area contributed by atoms with Gasteiger partial charge in [0.05, 0.1) is 14.2 Å². The first-order valence-electron chi connectivity index (χ1n) is 4.23. The quantitative estimate of drug-likeness (QED) is 0.589. The largest absolute Gasteiger partial charge is 0.493 e. The van der Waals surface area contributed by atoms with Crippen molar-refractivity contribution in [1.82, 2.24) is 4.98 Å². The molecule has 1 aromatic rings. The van der Waals surface area contributed by atoms with Gasteiger partial charge >= 0.3 is 5.97 Å². The average molecular weight is 208 g/mol. The highest BCUT2D eigenvalue weighted by molar-refractivity contribution is 5.87. The highest BCUT2D eigenvalue weighted by Gasteiger charge is 2.00. The highest BCUT2D eigenvalue weighted by atomic mass is 16.5. The Hall–Kier alpha value is -2.04. The third-order valence-electron chi connectivity index (χ3n) is 1.74. The molecule has 2 N–H and O–H groups in total. The predicted molar refractivity (Wildman–Crippen MR) is 56.3 cm³/mol. The first-order chi connectivity index (χ1) is 7.17. The van der Waals surface area contributed by atoms with Gasteiger partial charge in [0.25, 0.3) is 0 Å². The molecule has 1 heterocycles. The third-order valence-corrected chi connectivity index (χ3v) is 1.74. The van der Waals surface area contributed by atoms with Gasteiger partial charge in [0, 0.05) is 12.3 Å². The summed E-state index contributed by atoms with van der Waals surface area (Å²) in [5.41, 5.74) is 6.24. The van der Waals surface area contributed by atoms with E-state index >= 15 is 0 Å². The van der Waals surface area contributed by atoms with Crippen molar-refractivity contribution in [2.24, 2.45) is 0 Å². The summed E-state index contributed by atoms with van der Waals surface area (Å²) in [6, 6.07) is 1.68. The summed E-state index contributed by atoms with van der Waals surface area (Å²) in [4.78, 5) is 14.7. The van der Waals surface area contributed by atoms with Gasteiger partial charge in [-0.3, -0.25) is 0 Å². The number of carbonyl (C=O) groups excluding carboxylic acids is 1. The van der Waals surface area contributed by atoms with Crippen LogP contribution in [-0.2, 0) is 9.53 Å². The summed E-state index contributed by atoms with van der Waals surface area (Å²) in [5.74, 6) is 0.362. The number of anilines is 1. The number of hydrogen-bond acceptors (Lipinski definition) is 5. The van der Waals surface area contributed by atoms with E-state index in [2.05, 4.69) is 9.72 Å². The predicted octanol–water partition coefficient (Wildman–Crippen LogP) is 0.859. The summed E-state index contributed by atoms with van der Waals surface area (Å²) in [6.45, 7) is 0. The lowest BCUT2D eigenvalue weighted by Gasteiger charge is -2.03. The summed E-state index contributed by atoms with van der Waals surface area (Å²) >= 11 is 0. The Bertz CT molecular complexity index is 388. The summed E-state index contributed by atoms with van der Waals surface area (Å²) in [7, 11) is 2.82. The maximum Gasteiger partial charge on any atom is 0.330 e. The minimum Gasteiger partial charge on any atom is -0.493 e. The fourth-order valence-electron chi connectivity index (χ4n) is 0.957. The molecule has 80 valence electrons. The Morgan fingerprint density at radius 3 is 2.87 bits per heavy atom. The van der Waals surface area contributed by atoms with Gasteiger partial charge in [0.2, 0.25) is 0 Å².